The number of nitrogens with zero attached hydrogens (tertiary/aromatic N) is 1. The van der Waals surface area contributed by atoms with Crippen LogP contribution >= 0.6 is 0 Å². The van der Waals surface area contributed by atoms with E-state index in [4.69, 9.17) is 15.3 Å². The van der Waals surface area contributed by atoms with E-state index in [2.05, 4.69) is 0 Å². The predicted octanol–water partition coefficient (Wildman–Crippen LogP) is -2.21. The van der Waals surface area contributed by atoms with Crippen molar-refractivity contribution in [3.8, 4) is 0 Å². The molecule has 0 aromatic carbocycles. The van der Waals surface area contributed by atoms with Crippen LogP contribution in [0.5, 0.6) is 0 Å². The fourth-order valence-electron chi connectivity index (χ4n) is 1.29. The summed E-state index contributed by atoms with van der Waals surface area (Å²) in [7, 11) is 0. The van der Waals surface area contributed by atoms with Gasteiger partial charge in [-0.1, -0.05) is 0 Å². The van der Waals surface area contributed by atoms with Gasteiger partial charge in [0.1, 0.15) is 6.61 Å². The zero-order chi connectivity index (χ0) is 9.19. The fraction of sp³-hybridized carbons (Fsp3) is 0.857. The van der Waals surface area contributed by atoms with Gasteiger partial charge in [-0.2, -0.15) is 0 Å². The van der Waals surface area contributed by atoms with E-state index in [9.17, 15) is 4.79 Å². The predicted molar refractivity (Wildman–Crippen MR) is 40.3 cm³/mol. The van der Waals surface area contributed by atoms with Crippen LogP contribution in [0.4, 0.5) is 0 Å². The minimum Gasteiger partial charge on any atom is -0.396 e. The molecule has 1 saturated heterocycles. The van der Waals surface area contributed by atoms with E-state index < -0.39 is 12.0 Å². The molecule has 0 aliphatic carbocycles. The molecule has 1 amide bonds. The van der Waals surface area contributed by atoms with Crippen LogP contribution in [0.3, 0.4) is 0 Å². The van der Waals surface area contributed by atoms with Gasteiger partial charge in [0.05, 0.1) is 18.6 Å². The Morgan fingerprint density at radius 2 is 1.75 bits per heavy atom. The highest BCUT2D eigenvalue weighted by atomic mass is 16.3. The molecule has 0 unspecified atom stereocenters. The first-order valence-electron chi connectivity index (χ1n) is 3.78. The topological polar surface area (TPSA) is 81.0 Å². The smallest absolute Gasteiger partial charge is 0.248 e. The lowest BCUT2D eigenvalue weighted by molar-refractivity contribution is -0.152. The van der Waals surface area contributed by atoms with Crippen molar-refractivity contribution in [1.29, 1.82) is 0 Å². The molecule has 1 heterocycles. The van der Waals surface area contributed by atoms with Crippen LogP contribution in [0.2, 0.25) is 0 Å². The summed E-state index contributed by atoms with van der Waals surface area (Å²) in [5, 5.41) is 26.2. The third-order valence-electron chi connectivity index (χ3n) is 2.21. The zero-order valence-electron chi connectivity index (χ0n) is 6.73. The standard InChI is InChI=1S/C7H13NO4/c9-1-6(12)8-2-7(3-8,4-10)5-11/h9-11H,1-5H2. The highest BCUT2D eigenvalue weighted by molar-refractivity contribution is 5.78. The van der Waals surface area contributed by atoms with Crippen LogP contribution in [0.25, 0.3) is 0 Å². The first-order chi connectivity index (χ1) is 5.67. The molecule has 1 aliphatic heterocycles. The van der Waals surface area contributed by atoms with Crippen LogP contribution in [-0.4, -0.2) is 59.0 Å². The fourth-order valence-corrected chi connectivity index (χ4v) is 1.29. The zero-order valence-corrected chi connectivity index (χ0v) is 6.73. The van der Waals surface area contributed by atoms with Crippen molar-refractivity contribution in [1.82, 2.24) is 4.90 Å². The molecular weight excluding hydrogens is 162 g/mol. The molecule has 70 valence electrons. The molecule has 1 aliphatic rings. The summed E-state index contributed by atoms with van der Waals surface area (Å²) in [5.74, 6) is -0.354. The maximum atomic E-state index is 10.8. The van der Waals surface area contributed by atoms with Crippen molar-refractivity contribution in [2.45, 2.75) is 0 Å². The van der Waals surface area contributed by atoms with Crippen molar-refractivity contribution < 1.29 is 20.1 Å². The monoisotopic (exact) mass is 175 g/mol. The number of rotatable bonds is 3. The molecule has 0 spiro atoms. The maximum absolute atomic E-state index is 10.8. The number of carbonyl (C=O) groups excluding carboxylic acids is 1. The van der Waals surface area contributed by atoms with Crippen molar-refractivity contribution in [2.75, 3.05) is 32.9 Å². The number of hydrogen-bond donors (Lipinski definition) is 3. The Morgan fingerprint density at radius 3 is 2.08 bits per heavy atom. The van der Waals surface area contributed by atoms with Gasteiger partial charge in [0.15, 0.2) is 0 Å². The second-order valence-electron chi connectivity index (χ2n) is 3.22. The quantitative estimate of drug-likeness (QED) is 0.454. The van der Waals surface area contributed by atoms with E-state index in [0.29, 0.717) is 13.1 Å². The molecule has 0 saturated carbocycles. The van der Waals surface area contributed by atoms with Crippen LogP contribution in [0.1, 0.15) is 0 Å². The van der Waals surface area contributed by atoms with Crippen LogP contribution in [0.15, 0.2) is 0 Å². The Morgan fingerprint density at radius 1 is 1.25 bits per heavy atom. The maximum Gasteiger partial charge on any atom is 0.248 e. The van der Waals surface area contributed by atoms with Gasteiger partial charge < -0.3 is 20.2 Å². The third kappa shape index (κ3) is 1.43. The summed E-state index contributed by atoms with van der Waals surface area (Å²) in [6.07, 6.45) is 0. The number of aliphatic hydroxyl groups is 3. The lowest BCUT2D eigenvalue weighted by Crippen LogP contribution is -2.62. The van der Waals surface area contributed by atoms with Crippen molar-refractivity contribution in [3.05, 3.63) is 0 Å². The minimum atomic E-state index is -0.537. The average molecular weight is 175 g/mol. The molecule has 0 aromatic rings. The molecule has 12 heavy (non-hydrogen) atoms. The van der Waals surface area contributed by atoms with E-state index in [1.807, 2.05) is 0 Å². The van der Waals surface area contributed by atoms with Gasteiger partial charge in [-0.25, -0.2) is 0 Å². The van der Waals surface area contributed by atoms with Gasteiger partial charge in [-0.15, -0.1) is 0 Å². The Hall–Kier alpha value is -0.650. The van der Waals surface area contributed by atoms with Crippen LogP contribution in [0, 0.1) is 5.41 Å². The summed E-state index contributed by atoms with van der Waals surface area (Å²) in [4.78, 5) is 12.2. The lowest BCUT2D eigenvalue weighted by atomic mass is 9.81. The van der Waals surface area contributed by atoms with E-state index in [1.54, 1.807) is 0 Å². The van der Waals surface area contributed by atoms with E-state index in [1.165, 1.54) is 4.90 Å². The van der Waals surface area contributed by atoms with Gasteiger partial charge in [0.2, 0.25) is 5.91 Å². The Labute approximate surface area is 70.2 Å². The number of likely N-dealkylation sites (tertiary alicyclic amines) is 1. The normalized spacial score (nSPS) is 20.4. The van der Waals surface area contributed by atoms with Gasteiger partial charge in [0.25, 0.3) is 0 Å². The molecule has 5 nitrogen and oxygen atoms in total. The van der Waals surface area contributed by atoms with Gasteiger partial charge in [0, 0.05) is 13.1 Å². The number of hydrogen-bond acceptors (Lipinski definition) is 4. The van der Waals surface area contributed by atoms with E-state index in [0.717, 1.165) is 0 Å². The molecule has 1 fully saturated rings. The summed E-state index contributed by atoms with van der Waals surface area (Å²) >= 11 is 0. The number of amides is 1. The van der Waals surface area contributed by atoms with Crippen molar-refractivity contribution >= 4 is 5.91 Å². The molecule has 0 aromatic heterocycles. The van der Waals surface area contributed by atoms with Gasteiger partial charge in [-0.3, -0.25) is 4.79 Å². The van der Waals surface area contributed by atoms with Crippen LogP contribution in [-0.2, 0) is 4.79 Å². The molecule has 0 atom stereocenters. The molecule has 1 rings (SSSR count). The summed E-state index contributed by atoms with van der Waals surface area (Å²) < 4.78 is 0. The highest BCUT2D eigenvalue weighted by Gasteiger charge is 2.43. The first-order valence-corrected chi connectivity index (χ1v) is 3.78. The van der Waals surface area contributed by atoms with Crippen molar-refractivity contribution in [3.63, 3.8) is 0 Å². The van der Waals surface area contributed by atoms with Gasteiger partial charge >= 0.3 is 0 Å². The van der Waals surface area contributed by atoms with E-state index >= 15 is 0 Å². The second-order valence-corrected chi connectivity index (χ2v) is 3.22. The Balaban J connectivity index is 2.40. The largest absolute Gasteiger partial charge is 0.396 e. The Kier molecular flexibility index (Phi) is 2.66. The first kappa shape index (κ1) is 9.44. The minimum absolute atomic E-state index is 0.126. The van der Waals surface area contributed by atoms with Crippen molar-refractivity contribution in [2.24, 2.45) is 5.41 Å². The lowest BCUT2D eigenvalue weighted by Gasteiger charge is -2.47. The third-order valence-corrected chi connectivity index (χ3v) is 2.21. The number of carbonyl (C=O) groups is 1. The van der Waals surface area contributed by atoms with E-state index in [-0.39, 0.29) is 19.1 Å². The highest BCUT2D eigenvalue weighted by Crippen LogP contribution is 2.28. The second kappa shape index (κ2) is 3.38. The molecule has 0 radical (unpaired) electrons. The number of aliphatic hydroxyl groups excluding tert-OH is 3. The Bertz CT molecular complexity index is 170. The van der Waals surface area contributed by atoms with Gasteiger partial charge in [-0.05, 0) is 0 Å². The summed E-state index contributed by atoms with van der Waals surface area (Å²) in [6, 6.07) is 0. The summed E-state index contributed by atoms with van der Waals surface area (Å²) in [6.45, 7) is -0.0941. The average Bonchev–Trinajstić information content (AvgIpc) is 2.04. The summed E-state index contributed by atoms with van der Waals surface area (Å²) in [5.41, 5.74) is -0.537. The molecule has 5 heteroatoms. The van der Waals surface area contributed by atoms with Crippen LogP contribution < -0.4 is 0 Å². The molecule has 0 bridgehead atoms. The molecular formula is C7H13NO4. The SMILES string of the molecule is O=C(CO)N1CC(CO)(CO)C1. The molecule has 3 N–H and O–H groups in total.